The van der Waals surface area contributed by atoms with Crippen LogP contribution in [0.4, 0.5) is 0 Å². The van der Waals surface area contributed by atoms with Gasteiger partial charge < -0.3 is 37.9 Å². The van der Waals surface area contributed by atoms with Crippen LogP contribution in [0.25, 0.3) is 10.8 Å². The highest BCUT2D eigenvalue weighted by atomic mass is 127. The zero-order chi connectivity index (χ0) is 15.3. The Bertz CT molecular complexity index is 623. The summed E-state index contributed by atoms with van der Waals surface area (Å²) in [6, 6.07) is 13.8. The van der Waals surface area contributed by atoms with E-state index < -0.39 is 0 Å². The molecule has 0 N–H and O–H groups in total. The van der Waals surface area contributed by atoms with Crippen LogP contribution >= 0.6 is 0 Å². The molecule has 0 heterocycles. The van der Waals surface area contributed by atoms with E-state index in [2.05, 4.69) is 21.1 Å². The average molecular weight is 415 g/mol. The van der Waals surface area contributed by atoms with Gasteiger partial charge in [-0.25, -0.2) is 4.79 Å². The first-order valence-electron chi connectivity index (χ1n) is 7.02. The molecule has 22 heavy (non-hydrogen) atoms. The largest absolute Gasteiger partial charge is 1.00 e. The van der Waals surface area contributed by atoms with Crippen LogP contribution in [0.1, 0.15) is 0 Å². The molecular formula is C17H22INO3. The SMILES string of the molecule is C[N+](C)(C)CCOC(=O)COc1ccc2ccccc2c1.[I-]. The summed E-state index contributed by atoms with van der Waals surface area (Å²) in [5.41, 5.74) is 0. The molecule has 0 aliphatic rings. The quantitative estimate of drug-likeness (QED) is 0.362. The third kappa shape index (κ3) is 6.19. The predicted molar refractivity (Wildman–Crippen MR) is 83.3 cm³/mol. The number of benzene rings is 2. The molecule has 0 radical (unpaired) electrons. The number of esters is 1. The smallest absolute Gasteiger partial charge is 0.344 e. The molecule has 0 spiro atoms. The maximum Gasteiger partial charge on any atom is 0.344 e. The Kier molecular flexibility index (Phi) is 7.09. The minimum atomic E-state index is -0.336. The summed E-state index contributed by atoms with van der Waals surface area (Å²) in [5.74, 6) is 0.342. The summed E-state index contributed by atoms with van der Waals surface area (Å²) >= 11 is 0. The number of halogens is 1. The average Bonchev–Trinajstić information content (AvgIpc) is 2.43. The number of quaternary nitrogens is 1. The van der Waals surface area contributed by atoms with E-state index in [1.807, 2.05) is 42.5 Å². The fourth-order valence-corrected chi connectivity index (χ4v) is 1.87. The number of hydrogen-bond acceptors (Lipinski definition) is 3. The summed E-state index contributed by atoms with van der Waals surface area (Å²) in [6.45, 7) is 1.13. The van der Waals surface area contributed by atoms with Crippen LogP contribution < -0.4 is 28.7 Å². The number of hydrogen-bond donors (Lipinski definition) is 0. The summed E-state index contributed by atoms with van der Waals surface area (Å²) in [6.07, 6.45) is 0. The van der Waals surface area contributed by atoms with Gasteiger partial charge in [-0.3, -0.25) is 0 Å². The molecular weight excluding hydrogens is 393 g/mol. The van der Waals surface area contributed by atoms with Gasteiger partial charge in [0.2, 0.25) is 0 Å². The van der Waals surface area contributed by atoms with Crippen LogP contribution in [0.5, 0.6) is 5.75 Å². The van der Waals surface area contributed by atoms with Gasteiger partial charge in [-0.2, -0.15) is 0 Å². The van der Waals surface area contributed by atoms with Gasteiger partial charge in [-0.15, -0.1) is 0 Å². The molecule has 0 amide bonds. The molecule has 0 aromatic heterocycles. The van der Waals surface area contributed by atoms with Crippen molar-refractivity contribution in [2.75, 3.05) is 40.9 Å². The van der Waals surface area contributed by atoms with Gasteiger partial charge >= 0.3 is 5.97 Å². The van der Waals surface area contributed by atoms with E-state index in [4.69, 9.17) is 9.47 Å². The first-order chi connectivity index (χ1) is 9.94. The molecule has 0 bridgehead atoms. The number of ether oxygens (including phenoxy) is 2. The van der Waals surface area contributed by atoms with Crippen molar-refractivity contribution in [1.82, 2.24) is 0 Å². The summed E-state index contributed by atoms with van der Waals surface area (Å²) < 4.78 is 11.4. The monoisotopic (exact) mass is 415 g/mol. The minimum Gasteiger partial charge on any atom is -1.00 e. The normalized spacial score (nSPS) is 10.9. The molecule has 2 rings (SSSR count). The number of rotatable bonds is 6. The summed E-state index contributed by atoms with van der Waals surface area (Å²) in [7, 11) is 6.16. The molecule has 0 aliphatic carbocycles. The molecule has 2 aromatic rings. The lowest BCUT2D eigenvalue weighted by Gasteiger charge is -2.23. The lowest BCUT2D eigenvalue weighted by molar-refractivity contribution is -0.870. The van der Waals surface area contributed by atoms with Crippen molar-refractivity contribution in [1.29, 1.82) is 0 Å². The maximum absolute atomic E-state index is 11.6. The highest BCUT2D eigenvalue weighted by molar-refractivity contribution is 5.83. The van der Waals surface area contributed by atoms with Gasteiger partial charge in [0.25, 0.3) is 0 Å². The summed E-state index contributed by atoms with van der Waals surface area (Å²) in [4.78, 5) is 11.6. The Labute approximate surface area is 148 Å². The van der Waals surface area contributed by atoms with Crippen LogP contribution in [0, 0.1) is 0 Å². The second kappa shape index (κ2) is 8.33. The standard InChI is InChI=1S/C17H22NO3.HI/c1-18(2,3)10-11-20-17(19)13-21-16-9-8-14-6-4-5-7-15(14)12-16;/h4-9,12H,10-11,13H2,1-3H3;1H/q+1;/p-1. The first-order valence-corrected chi connectivity index (χ1v) is 7.02. The Balaban J connectivity index is 0.00000242. The van der Waals surface area contributed by atoms with Crippen LogP contribution in [-0.4, -0.2) is 51.4 Å². The van der Waals surface area contributed by atoms with Crippen LogP contribution in [0.3, 0.4) is 0 Å². The van der Waals surface area contributed by atoms with Crippen molar-refractivity contribution in [3.8, 4) is 5.75 Å². The third-order valence-corrected chi connectivity index (χ3v) is 3.10. The second-order valence-corrected chi connectivity index (χ2v) is 6.03. The second-order valence-electron chi connectivity index (χ2n) is 6.03. The lowest BCUT2D eigenvalue weighted by Crippen LogP contribution is -3.00. The van der Waals surface area contributed by atoms with E-state index in [1.165, 1.54) is 0 Å². The van der Waals surface area contributed by atoms with Crippen molar-refractivity contribution in [2.24, 2.45) is 0 Å². The number of likely N-dealkylation sites (N-methyl/N-ethyl adjacent to an activating group) is 1. The first kappa shape index (κ1) is 18.7. The molecule has 0 unspecified atom stereocenters. The summed E-state index contributed by atoms with van der Waals surface area (Å²) in [5, 5.41) is 2.24. The zero-order valence-electron chi connectivity index (χ0n) is 13.2. The Morgan fingerprint density at radius 1 is 1.05 bits per heavy atom. The lowest BCUT2D eigenvalue weighted by atomic mass is 10.1. The fourth-order valence-electron chi connectivity index (χ4n) is 1.87. The molecule has 5 heteroatoms. The van der Waals surface area contributed by atoms with Gasteiger partial charge in [-0.05, 0) is 22.9 Å². The number of nitrogens with zero attached hydrogens (tertiary/aromatic N) is 1. The van der Waals surface area contributed by atoms with Gasteiger partial charge in [0.15, 0.2) is 6.61 Å². The topological polar surface area (TPSA) is 35.5 Å². The van der Waals surface area contributed by atoms with E-state index in [0.29, 0.717) is 12.4 Å². The highest BCUT2D eigenvalue weighted by Gasteiger charge is 2.10. The highest BCUT2D eigenvalue weighted by Crippen LogP contribution is 2.20. The van der Waals surface area contributed by atoms with Gasteiger partial charge in [0.05, 0.1) is 21.1 Å². The van der Waals surface area contributed by atoms with Gasteiger partial charge in [0.1, 0.15) is 18.9 Å². The van der Waals surface area contributed by atoms with E-state index >= 15 is 0 Å². The Morgan fingerprint density at radius 2 is 1.73 bits per heavy atom. The van der Waals surface area contributed by atoms with Gasteiger partial charge in [0, 0.05) is 0 Å². The number of carbonyl (C=O) groups excluding carboxylic acids is 1. The predicted octanol–water partition coefficient (Wildman–Crippen LogP) is -0.528. The zero-order valence-corrected chi connectivity index (χ0v) is 15.4. The molecule has 120 valence electrons. The third-order valence-electron chi connectivity index (χ3n) is 3.10. The Morgan fingerprint density at radius 3 is 2.41 bits per heavy atom. The van der Waals surface area contributed by atoms with Crippen molar-refractivity contribution >= 4 is 16.7 Å². The van der Waals surface area contributed by atoms with E-state index in [9.17, 15) is 4.79 Å². The fraction of sp³-hybridized carbons (Fsp3) is 0.353. The molecule has 0 atom stereocenters. The number of fused-ring (bicyclic) bond motifs is 1. The van der Waals surface area contributed by atoms with Gasteiger partial charge in [-0.1, -0.05) is 30.3 Å². The molecule has 0 aliphatic heterocycles. The van der Waals surface area contributed by atoms with Crippen LogP contribution in [-0.2, 0) is 9.53 Å². The van der Waals surface area contributed by atoms with Crippen LogP contribution in [0.2, 0.25) is 0 Å². The Hall–Kier alpha value is -1.34. The van der Waals surface area contributed by atoms with E-state index in [1.54, 1.807) is 0 Å². The van der Waals surface area contributed by atoms with E-state index in [0.717, 1.165) is 21.8 Å². The van der Waals surface area contributed by atoms with Crippen molar-refractivity contribution < 1.29 is 42.7 Å². The minimum absolute atomic E-state index is 0. The van der Waals surface area contributed by atoms with Crippen LogP contribution in [0.15, 0.2) is 42.5 Å². The molecule has 0 saturated carbocycles. The van der Waals surface area contributed by atoms with Crippen molar-refractivity contribution in [3.63, 3.8) is 0 Å². The number of carbonyl (C=O) groups is 1. The van der Waals surface area contributed by atoms with Crippen molar-refractivity contribution in [2.45, 2.75) is 0 Å². The molecule has 4 nitrogen and oxygen atoms in total. The van der Waals surface area contributed by atoms with Crippen molar-refractivity contribution in [3.05, 3.63) is 42.5 Å². The molecule has 0 fully saturated rings. The van der Waals surface area contributed by atoms with E-state index in [-0.39, 0.29) is 36.6 Å². The maximum atomic E-state index is 11.6. The molecule has 0 saturated heterocycles. The molecule has 2 aromatic carbocycles.